The van der Waals surface area contributed by atoms with Crippen molar-refractivity contribution in [1.29, 1.82) is 0 Å². The molecule has 1 aromatic heterocycles. The Morgan fingerprint density at radius 3 is 2.30 bits per heavy atom. The molecule has 0 bridgehead atoms. The van der Waals surface area contributed by atoms with Crippen LogP contribution in [0.1, 0.15) is 26.3 Å². The largest absolute Gasteiger partial charge is 0.463 e. The van der Waals surface area contributed by atoms with Gasteiger partial charge < -0.3 is 33.2 Å². The van der Waals surface area contributed by atoms with Crippen molar-refractivity contribution in [1.82, 2.24) is 0 Å². The van der Waals surface area contributed by atoms with Gasteiger partial charge in [0, 0.05) is 38.3 Å². The number of benzene rings is 1. The minimum absolute atomic E-state index is 0.180. The van der Waals surface area contributed by atoms with Gasteiger partial charge in [-0.2, -0.15) is 0 Å². The van der Waals surface area contributed by atoms with Crippen LogP contribution in [0, 0.1) is 6.92 Å². The quantitative estimate of drug-likeness (QED) is 0.371. The predicted molar refractivity (Wildman–Crippen MR) is 110 cm³/mol. The molecule has 5 unspecified atom stereocenters. The Morgan fingerprint density at radius 2 is 1.67 bits per heavy atom. The van der Waals surface area contributed by atoms with E-state index in [1.807, 2.05) is 0 Å². The van der Waals surface area contributed by atoms with Crippen LogP contribution in [0.25, 0.3) is 11.0 Å². The Morgan fingerprint density at radius 1 is 1.00 bits per heavy atom. The molecule has 1 aliphatic rings. The third-order valence-corrected chi connectivity index (χ3v) is 4.84. The number of rotatable bonds is 6. The highest BCUT2D eigenvalue weighted by atomic mass is 16.7. The van der Waals surface area contributed by atoms with Crippen LogP contribution < -0.4 is 10.4 Å². The number of hydrogen-bond acceptors (Lipinski definition) is 11. The number of fused-ring (bicyclic) bond motifs is 1. The first-order valence-corrected chi connectivity index (χ1v) is 10.1. The third-order valence-electron chi connectivity index (χ3n) is 4.84. The Balaban J connectivity index is 1.92. The predicted octanol–water partition coefficient (Wildman–Crippen LogP) is 0.993. The van der Waals surface area contributed by atoms with E-state index >= 15 is 0 Å². The van der Waals surface area contributed by atoms with Crippen molar-refractivity contribution < 1.29 is 47.6 Å². The second kappa shape index (κ2) is 10.0. The number of carbonyl (C=O) groups excluding carboxylic acids is 3. The maximum atomic E-state index is 11.7. The summed E-state index contributed by atoms with van der Waals surface area (Å²) >= 11 is 0. The average Bonchev–Trinajstić information content (AvgIpc) is 2.70. The van der Waals surface area contributed by atoms with Gasteiger partial charge in [-0.25, -0.2) is 4.79 Å². The zero-order chi connectivity index (χ0) is 24.3. The molecule has 11 nitrogen and oxygen atoms in total. The standard InChI is InChI=1S/C22H24O11/c1-10-7-18(26)32-16-8-14(5-6-15(10)16)31-22-19(27)21(30-13(4)25)20(29-12(3)24)17(33-22)9-28-11(2)23/h5-8,17,19-22,27H,9H2,1-4H3. The van der Waals surface area contributed by atoms with Crippen molar-refractivity contribution in [3.8, 4) is 5.75 Å². The van der Waals surface area contributed by atoms with E-state index in [-0.39, 0.29) is 17.9 Å². The maximum absolute atomic E-state index is 11.7. The molecule has 1 aromatic carbocycles. The molecule has 1 aliphatic heterocycles. The molecule has 0 amide bonds. The van der Waals surface area contributed by atoms with Gasteiger partial charge in [0.15, 0.2) is 18.3 Å². The third kappa shape index (κ3) is 5.88. The van der Waals surface area contributed by atoms with Gasteiger partial charge in [0.25, 0.3) is 0 Å². The second-order valence-corrected chi connectivity index (χ2v) is 7.51. The molecule has 3 rings (SSSR count). The Kier molecular flexibility index (Phi) is 7.34. The minimum atomic E-state index is -1.58. The number of ether oxygens (including phenoxy) is 5. The number of hydrogen-bond donors (Lipinski definition) is 1. The van der Waals surface area contributed by atoms with Crippen molar-refractivity contribution in [3.05, 3.63) is 40.2 Å². The first kappa shape index (κ1) is 24.2. The fraction of sp³-hybridized carbons (Fsp3) is 0.455. The molecule has 1 fully saturated rings. The first-order valence-electron chi connectivity index (χ1n) is 10.1. The van der Waals surface area contributed by atoms with Crippen molar-refractivity contribution in [3.63, 3.8) is 0 Å². The number of aryl methyl sites for hydroxylation is 1. The van der Waals surface area contributed by atoms with Crippen molar-refractivity contribution in [2.45, 2.75) is 58.4 Å². The number of aliphatic hydroxyl groups is 1. The number of aliphatic hydroxyl groups excluding tert-OH is 1. The lowest BCUT2D eigenvalue weighted by molar-refractivity contribution is -0.285. The summed E-state index contributed by atoms with van der Waals surface area (Å²) in [6.45, 7) is 4.84. The molecule has 11 heteroatoms. The van der Waals surface area contributed by atoms with Gasteiger partial charge in [0.05, 0.1) is 0 Å². The topological polar surface area (TPSA) is 148 Å². The molecule has 0 saturated carbocycles. The molecular formula is C22H24O11. The van der Waals surface area contributed by atoms with Crippen LogP contribution >= 0.6 is 0 Å². The highest BCUT2D eigenvalue weighted by Crippen LogP contribution is 2.30. The van der Waals surface area contributed by atoms with E-state index in [0.717, 1.165) is 13.8 Å². The van der Waals surface area contributed by atoms with Gasteiger partial charge in [0.1, 0.15) is 24.0 Å². The summed E-state index contributed by atoms with van der Waals surface area (Å²) in [7, 11) is 0. The lowest BCUT2D eigenvalue weighted by Gasteiger charge is -2.42. The van der Waals surface area contributed by atoms with E-state index in [9.17, 15) is 24.3 Å². The normalized spacial score (nSPS) is 24.7. The minimum Gasteiger partial charge on any atom is -0.463 e. The van der Waals surface area contributed by atoms with E-state index in [4.69, 9.17) is 28.1 Å². The smallest absolute Gasteiger partial charge is 0.336 e. The molecule has 2 aromatic rings. The highest BCUT2D eigenvalue weighted by molar-refractivity contribution is 5.81. The molecule has 0 aliphatic carbocycles. The van der Waals surface area contributed by atoms with Gasteiger partial charge in [-0.3, -0.25) is 14.4 Å². The van der Waals surface area contributed by atoms with Gasteiger partial charge in [-0.05, 0) is 24.6 Å². The zero-order valence-electron chi connectivity index (χ0n) is 18.4. The highest BCUT2D eigenvalue weighted by Gasteiger charge is 2.50. The zero-order valence-corrected chi connectivity index (χ0v) is 18.4. The lowest BCUT2D eigenvalue weighted by Crippen LogP contribution is -2.62. The molecule has 178 valence electrons. The van der Waals surface area contributed by atoms with Crippen LogP contribution in [-0.2, 0) is 33.3 Å². The van der Waals surface area contributed by atoms with Crippen LogP contribution in [-0.4, -0.2) is 60.3 Å². The molecule has 5 atom stereocenters. The summed E-state index contributed by atoms with van der Waals surface area (Å²) in [5.41, 5.74) is 0.433. The Hall–Kier alpha value is -3.44. The Labute approximate surface area is 188 Å². The van der Waals surface area contributed by atoms with Gasteiger partial charge in [-0.1, -0.05) is 0 Å². The molecule has 0 radical (unpaired) electrons. The van der Waals surface area contributed by atoms with Crippen molar-refractivity contribution in [2.75, 3.05) is 6.61 Å². The Bertz CT molecular complexity index is 1110. The van der Waals surface area contributed by atoms with Crippen LogP contribution in [0.3, 0.4) is 0 Å². The fourth-order valence-corrected chi connectivity index (χ4v) is 3.50. The number of esters is 3. The van der Waals surface area contributed by atoms with Gasteiger partial charge in [-0.15, -0.1) is 0 Å². The van der Waals surface area contributed by atoms with E-state index < -0.39 is 54.2 Å². The molecule has 33 heavy (non-hydrogen) atoms. The van der Waals surface area contributed by atoms with Crippen LogP contribution in [0.2, 0.25) is 0 Å². The summed E-state index contributed by atoms with van der Waals surface area (Å²) < 4.78 is 32.1. The van der Waals surface area contributed by atoms with E-state index in [0.29, 0.717) is 10.9 Å². The first-order chi connectivity index (χ1) is 15.5. The molecule has 0 spiro atoms. The molecular weight excluding hydrogens is 440 g/mol. The average molecular weight is 464 g/mol. The lowest BCUT2D eigenvalue weighted by atomic mass is 9.98. The van der Waals surface area contributed by atoms with Crippen LogP contribution in [0.5, 0.6) is 5.75 Å². The van der Waals surface area contributed by atoms with Crippen LogP contribution in [0.4, 0.5) is 0 Å². The maximum Gasteiger partial charge on any atom is 0.336 e. The van der Waals surface area contributed by atoms with Crippen molar-refractivity contribution in [2.24, 2.45) is 0 Å². The molecule has 1 N–H and O–H groups in total. The van der Waals surface area contributed by atoms with E-state index in [2.05, 4.69) is 0 Å². The van der Waals surface area contributed by atoms with Crippen molar-refractivity contribution >= 4 is 28.9 Å². The second-order valence-electron chi connectivity index (χ2n) is 7.51. The summed E-state index contributed by atoms with van der Waals surface area (Å²) in [6, 6.07) is 6.04. The monoisotopic (exact) mass is 464 g/mol. The van der Waals surface area contributed by atoms with Gasteiger partial charge in [0.2, 0.25) is 6.29 Å². The summed E-state index contributed by atoms with van der Waals surface area (Å²) in [4.78, 5) is 46.3. The summed E-state index contributed by atoms with van der Waals surface area (Å²) in [6.07, 6.45) is -6.73. The van der Waals surface area contributed by atoms with E-state index in [1.165, 1.54) is 19.1 Å². The molecule has 1 saturated heterocycles. The summed E-state index contributed by atoms with van der Waals surface area (Å²) in [5.74, 6) is -1.90. The number of carbonyl (C=O) groups is 3. The SMILES string of the molecule is CC(=O)OCC1OC(Oc2ccc3c(C)cc(=O)oc3c2)C(O)C(OC(C)=O)C1OC(C)=O. The summed E-state index contributed by atoms with van der Waals surface area (Å²) in [5, 5.41) is 11.5. The van der Waals surface area contributed by atoms with Crippen LogP contribution in [0.15, 0.2) is 33.5 Å². The van der Waals surface area contributed by atoms with Gasteiger partial charge >= 0.3 is 23.5 Å². The fourth-order valence-electron chi connectivity index (χ4n) is 3.50. The van der Waals surface area contributed by atoms with E-state index in [1.54, 1.807) is 19.1 Å². The molecule has 2 heterocycles.